The van der Waals surface area contributed by atoms with Crippen molar-refractivity contribution in [2.24, 2.45) is 0 Å². The van der Waals surface area contributed by atoms with E-state index < -0.39 is 0 Å². The van der Waals surface area contributed by atoms with Gasteiger partial charge in [-0.05, 0) is 55.3 Å². The van der Waals surface area contributed by atoms with Gasteiger partial charge in [0.2, 0.25) is 0 Å². The number of fused-ring (bicyclic) bond motifs is 1. The molecule has 3 rings (SSSR count). The fourth-order valence-corrected chi connectivity index (χ4v) is 3.33. The molecule has 0 aliphatic heterocycles. The molecule has 1 amide bonds. The molecule has 2 aromatic carbocycles. The number of carbonyl (C=O) groups is 1. The number of benzene rings is 2. The Hall–Kier alpha value is -2.71. The lowest BCUT2D eigenvalue weighted by Gasteiger charge is -2.01. The SMILES string of the molecule is Cc1cc(C)c2nc(NC(=O)c3ccc(C#N)cc3)sc2c1. The van der Waals surface area contributed by atoms with Crippen molar-refractivity contribution in [2.45, 2.75) is 13.8 Å². The van der Waals surface area contributed by atoms with E-state index in [2.05, 4.69) is 22.4 Å². The van der Waals surface area contributed by atoms with E-state index in [4.69, 9.17) is 5.26 Å². The van der Waals surface area contributed by atoms with Crippen molar-refractivity contribution in [3.05, 3.63) is 58.7 Å². The molecular formula is C17H13N3OS. The molecule has 0 unspecified atom stereocenters. The summed E-state index contributed by atoms with van der Waals surface area (Å²) in [5.41, 5.74) is 4.24. The minimum absolute atomic E-state index is 0.224. The molecule has 1 heterocycles. The molecule has 0 aliphatic carbocycles. The van der Waals surface area contributed by atoms with E-state index in [-0.39, 0.29) is 5.91 Å². The van der Waals surface area contributed by atoms with Crippen molar-refractivity contribution in [2.75, 3.05) is 5.32 Å². The lowest BCUT2D eigenvalue weighted by molar-refractivity contribution is 0.102. The Bertz CT molecular complexity index is 904. The molecular weight excluding hydrogens is 294 g/mol. The lowest BCUT2D eigenvalue weighted by Crippen LogP contribution is -2.11. The van der Waals surface area contributed by atoms with Crippen molar-refractivity contribution < 1.29 is 4.79 Å². The van der Waals surface area contributed by atoms with E-state index >= 15 is 0 Å². The minimum atomic E-state index is -0.224. The molecule has 4 nitrogen and oxygen atoms in total. The number of nitrogens with one attached hydrogen (secondary N) is 1. The number of hydrogen-bond donors (Lipinski definition) is 1. The number of carbonyl (C=O) groups excluding carboxylic acids is 1. The molecule has 22 heavy (non-hydrogen) atoms. The second kappa shape index (κ2) is 5.58. The van der Waals surface area contributed by atoms with Gasteiger partial charge in [0, 0.05) is 5.56 Å². The zero-order valence-corrected chi connectivity index (χ0v) is 13.0. The first-order valence-electron chi connectivity index (χ1n) is 6.76. The van der Waals surface area contributed by atoms with Gasteiger partial charge in [0.05, 0.1) is 21.8 Å². The fraction of sp³-hybridized carbons (Fsp3) is 0.118. The van der Waals surface area contributed by atoms with Gasteiger partial charge in [0.25, 0.3) is 5.91 Å². The predicted molar refractivity (Wildman–Crippen MR) is 88.2 cm³/mol. The quantitative estimate of drug-likeness (QED) is 0.777. The average molecular weight is 307 g/mol. The Balaban J connectivity index is 1.87. The van der Waals surface area contributed by atoms with Gasteiger partial charge < -0.3 is 0 Å². The highest BCUT2D eigenvalue weighted by atomic mass is 32.1. The third-order valence-electron chi connectivity index (χ3n) is 3.33. The van der Waals surface area contributed by atoms with E-state index in [0.29, 0.717) is 16.3 Å². The Labute approximate surface area is 132 Å². The third kappa shape index (κ3) is 2.69. The Morgan fingerprint density at radius 3 is 2.64 bits per heavy atom. The first-order valence-corrected chi connectivity index (χ1v) is 7.58. The molecule has 0 saturated heterocycles. The second-order valence-corrected chi connectivity index (χ2v) is 6.12. The Morgan fingerprint density at radius 2 is 1.95 bits per heavy atom. The van der Waals surface area contributed by atoms with Crippen LogP contribution in [-0.4, -0.2) is 10.9 Å². The van der Waals surface area contributed by atoms with Gasteiger partial charge in [-0.15, -0.1) is 0 Å². The molecule has 0 radical (unpaired) electrons. The molecule has 0 saturated carbocycles. The summed E-state index contributed by atoms with van der Waals surface area (Å²) in [5.74, 6) is -0.224. The van der Waals surface area contributed by atoms with Crippen LogP contribution < -0.4 is 5.32 Å². The van der Waals surface area contributed by atoms with Gasteiger partial charge in [0.1, 0.15) is 0 Å². The van der Waals surface area contributed by atoms with Crippen LogP contribution in [0.1, 0.15) is 27.0 Å². The van der Waals surface area contributed by atoms with Crippen molar-refractivity contribution in [1.82, 2.24) is 4.98 Å². The highest BCUT2D eigenvalue weighted by Crippen LogP contribution is 2.29. The molecule has 0 aliphatic rings. The molecule has 1 N–H and O–H groups in total. The van der Waals surface area contributed by atoms with Gasteiger partial charge in [-0.1, -0.05) is 17.4 Å². The highest BCUT2D eigenvalue weighted by molar-refractivity contribution is 7.22. The summed E-state index contributed by atoms with van der Waals surface area (Å²) in [6.45, 7) is 4.06. The summed E-state index contributed by atoms with van der Waals surface area (Å²) in [5, 5.41) is 12.2. The van der Waals surface area contributed by atoms with Gasteiger partial charge in [-0.25, -0.2) is 4.98 Å². The zero-order chi connectivity index (χ0) is 15.7. The van der Waals surface area contributed by atoms with Crippen LogP contribution in [0.4, 0.5) is 5.13 Å². The average Bonchev–Trinajstić information content (AvgIpc) is 2.90. The minimum Gasteiger partial charge on any atom is -0.298 e. The molecule has 1 aromatic heterocycles. The first kappa shape index (κ1) is 14.2. The second-order valence-electron chi connectivity index (χ2n) is 5.09. The van der Waals surface area contributed by atoms with Crippen LogP contribution in [0.25, 0.3) is 10.2 Å². The van der Waals surface area contributed by atoms with Crippen LogP contribution >= 0.6 is 11.3 Å². The van der Waals surface area contributed by atoms with Crippen molar-refractivity contribution in [3.63, 3.8) is 0 Å². The Morgan fingerprint density at radius 1 is 1.23 bits per heavy atom. The summed E-state index contributed by atoms with van der Waals surface area (Å²) in [6.07, 6.45) is 0. The van der Waals surface area contributed by atoms with Gasteiger partial charge >= 0.3 is 0 Å². The van der Waals surface area contributed by atoms with Crippen molar-refractivity contribution >= 4 is 32.6 Å². The van der Waals surface area contributed by atoms with Crippen molar-refractivity contribution in [3.8, 4) is 6.07 Å². The third-order valence-corrected chi connectivity index (χ3v) is 4.24. The van der Waals surface area contributed by atoms with Crippen LogP contribution in [-0.2, 0) is 0 Å². The molecule has 5 heteroatoms. The van der Waals surface area contributed by atoms with E-state index in [1.807, 2.05) is 19.9 Å². The number of hydrogen-bond acceptors (Lipinski definition) is 4. The van der Waals surface area contributed by atoms with Gasteiger partial charge in [-0.2, -0.15) is 5.26 Å². The van der Waals surface area contributed by atoms with E-state index in [1.54, 1.807) is 24.3 Å². The predicted octanol–water partition coefficient (Wildman–Crippen LogP) is 4.04. The van der Waals surface area contributed by atoms with Crippen LogP contribution in [0, 0.1) is 25.2 Å². The number of nitriles is 1. The molecule has 0 fully saturated rings. The molecule has 0 atom stereocenters. The number of thiazole rings is 1. The smallest absolute Gasteiger partial charge is 0.257 e. The van der Waals surface area contributed by atoms with Crippen LogP contribution in [0.2, 0.25) is 0 Å². The summed E-state index contributed by atoms with van der Waals surface area (Å²) < 4.78 is 1.06. The summed E-state index contributed by atoms with van der Waals surface area (Å²) >= 11 is 1.46. The van der Waals surface area contributed by atoms with Gasteiger partial charge in [-0.3, -0.25) is 10.1 Å². The number of nitrogens with zero attached hydrogens (tertiary/aromatic N) is 2. The molecule has 108 valence electrons. The van der Waals surface area contributed by atoms with Crippen LogP contribution in [0.5, 0.6) is 0 Å². The summed E-state index contributed by atoms with van der Waals surface area (Å²) in [6, 6.07) is 12.7. The van der Waals surface area contributed by atoms with E-state index in [1.165, 1.54) is 16.9 Å². The summed E-state index contributed by atoms with van der Waals surface area (Å²) in [7, 11) is 0. The van der Waals surface area contributed by atoms with Crippen molar-refractivity contribution in [1.29, 1.82) is 5.26 Å². The van der Waals surface area contributed by atoms with E-state index in [9.17, 15) is 4.79 Å². The maximum atomic E-state index is 12.2. The molecule has 3 aromatic rings. The standard InChI is InChI=1S/C17H13N3OS/c1-10-7-11(2)15-14(8-10)22-17(19-15)20-16(21)13-5-3-12(9-18)4-6-13/h3-8H,1-2H3,(H,19,20,21). The normalized spacial score (nSPS) is 10.4. The number of aromatic nitrogens is 1. The number of rotatable bonds is 2. The monoisotopic (exact) mass is 307 g/mol. The number of aryl methyl sites for hydroxylation is 2. The highest BCUT2D eigenvalue weighted by Gasteiger charge is 2.11. The topological polar surface area (TPSA) is 65.8 Å². The van der Waals surface area contributed by atoms with Crippen LogP contribution in [0.15, 0.2) is 36.4 Å². The molecule has 0 bridgehead atoms. The lowest BCUT2D eigenvalue weighted by atomic mass is 10.1. The molecule has 0 spiro atoms. The maximum Gasteiger partial charge on any atom is 0.257 e. The fourth-order valence-electron chi connectivity index (χ4n) is 2.29. The number of anilines is 1. The summed E-state index contributed by atoms with van der Waals surface area (Å²) in [4.78, 5) is 16.7. The largest absolute Gasteiger partial charge is 0.298 e. The first-order chi connectivity index (χ1) is 10.6. The van der Waals surface area contributed by atoms with Gasteiger partial charge in [0.15, 0.2) is 5.13 Å². The number of amides is 1. The van der Waals surface area contributed by atoms with Crippen LogP contribution in [0.3, 0.4) is 0 Å². The zero-order valence-electron chi connectivity index (χ0n) is 12.2. The van der Waals surface area contributed by atoms with E-state index in [0.717, 1.165) is 15.8 Å². The maximum absolute atomic E-state index is 12.2. The Kier molecular flexibility index (Phi) is 3.61.